The number of aromatic nitrogens is 2. The minimum Gasteiger partial charge on any atom is -0.368 e. The maximum atomic E-state index is 11.6. The number of carbonyl (C=O) groups excluding carboxylic acids is 1. The van der Waals surface area contributed by atoms with Gasteiger partial charge in [0.25, 0.3) is 0 Å². The highest BCUT2D eigenvalue weighted by molar-refractivity contribution is 5.81. The first-order chi connectivity index (χ1) is 8.73. The van der Waals surface area contributed by atoms with Crippen molar-refractivity contribution < 1.29 is 9.72 Å². The zero-order valence-electron chi connectivity index (χ0n) is 11.2. The molecule has 2 N–H and O–H groups in total. The van der Waals surface area contributed by atoms with Crippen LogP contribution < -0.4 is 10.6 Å². The lowest BCUT2D eigenvalue weighted by atomic mass is 10.3. The Morgan fingerprint density at radius 1 is 1.37 bits per heavy atom. The summed E-state index contributed by atoms with van der Waals surface area (Å²) in [5.74, 6) is -0.237. The molecule has 0 unspecified atom stereocenters. The van der Waals surface area contributed by atoms with Crippen LogP contribution in [-0.4, -0.2) is 53.4 Å². The van der Waals surface area contributed by atoms with E-state index in [1.54, 1.807) is 14.1 Å². The number of rotatable bonds is 4. The van der Waals surface area contributed by atoms with E-state index in [9.17, 15) is 14.9 Å². The van der Waals surface area contributed by atoms with Gasteiger partial charge in [-0.15, -0.1) is 0 Å². The van der Waals surface area contributed by atoms with Crippen molar-refractivity contribution in [1.29, 1.82) is 0 Å². The normalized spacial score (nSPS) is 10.1. The molecule has 9 nitrogen and oxygen atoms in total. The maximum Gasteiger partial charge on any atom is 0.332 e. The van der Waals surface area contributed by atoms with Crippen LogP contribution in [0.2, 0.25) is 0 Å². The zero-order chi connectivity index (χ0) is 14.7. The van der Waals surface area contributed by atoms with Crippen LogP contribution in [0, 0.1) is 17.0 Å². The first kappa shape index (κ1) is 14.6. The van der Waals surface area contributed by atoms with Gasteiger partial charge in [0.05, 0.1) is 11.5 Å². The number of carbonyl (C=O) groups is 1. The second-order valence-corrected chi connectivity index (χ2v) is 4.24. The summed E-state index contributed by atoms with van der Waals surface area (Å²) < 4.78 is 0. The second-order valence-electron chi connectivity index (χ2n) is 4.24. The van der Waals surface area contributed by atoms with Gasteiger partial charge in [0.2, 0.25) is 17.7 Å². The summed E-state index contributed by atoms with van der Waals surface area (Å²) in [6.07, 6.45) is 0. The molecule has 0 aliphatic rings. The number of amides is 1. The Hall–Kier alpha value is -2.45. The third-order valence-electron chi connectivity index (χ3n) is 2.47. The monoisotopic (exact) mass is 268 g/mol. The Morgan fingerprint density at radius 2 is 1.95 bits per heavy atom. The summed E-state index contributed by atoms with van der Waals surface area (Å²) in [5.41, 5.74) is 5.41. The number of hydrogen-bond donors (Lipinski definition) is 1. The van der Waals surface area contributed by atoms with Gasteiger partial charge in [-0.2, -0.15) is 4.98 Å². The molecule has 0 saturated heterocycles. The van der Waals surface area contributed by atoms with E-state index in [1.165, 1.54) is 23.8 Å². The average Bonchev–Trinajstić information content (AvgIpc) is 2.26. The Balaban J connectivity index is 3.18. The van der Waals surface area contributed by atoms with E-state index >= 15 is 0 Å². The molecule has 0 aromatic carbocycles. The molecule has 0 fully saturated rings. The van der Waals surface area contributed by atoms with Crippen molar-refractivity contribution in [2.75, 3.05) is 38.3 Å². The summed E-state index contributed by atoms with van der Waals surface area (Å²) in [7, 11) is 4.74. The molecule has 1 heterocycles. The SMILES string of the molecule is Cc1nc(N)nc(N(C)CC(=O)N(C)C)c1[N+](=O)[O-]. The van der Waals surface area contributed by atoms with Crippen LogP contribution in [-0.2, 0) is 4.79 Å². The van der Waals surface area contributed by atoms with Crippen molar-refractivity contribution in [3.05, 3.63) is 15.8 Å². The zero-order valence-corrected chi connectivity index (χ0v) is 11.2. The summed E-state index contributed by atoms with van der Waals surface area (Å²) >= 11 is 0. The summed E-state index contributed by atoms with van der Waals surface area (Å²) in [6.45, 7) is 1.44. The molecule has 0 bridgehead atoms. The third kappa shape index (κ3) is 3.27. The van der Waals surface area contributed by atoms with Gasteiger partial charge in [0, 0.05) is 21.1 Å². The molecular weight excluding hydrogens is 252 g/mol. The second kappa shape index (κ2) is 5.46. The highest BCUT2D eigenvalue weighted by atomic mass is 16.6. The molecule has 0 aliphatic heterocycles. The molecular formula is C10H16N6O3. The quantitative estimate of drug-likeness (QED) is 0.593. The minimum absolute atomic E-state index is 0.0326. The first-order valence-corrected chi connectivity index (χ1v) is 5.43. The predicted octanol–water partition coefficient (Wildman–Crippen LogP) is -0.200. The molecule has 1 aromatic rings. The van der Waals surface area contributed by atoms with Crippen molar-refractivity contribution in [2.45, 2.75) is 6.92 Å². The van der Waals surface area contributed by atoms with Crippen molar-refractivity contribution in [3.8, 4) is 0 Å². The predicted molar refractivity (Wildman–Crippen MR) is 69.8 cm³/mol. The first-order valence-electron chi connectivity index (χ1n) is 5.43. The van der Waals surface area contributed by atoms with Crippen LogP contribution in [0.3, 0.4) is 0 Å². The van der Waals surface area contributed by atoms with Crippen LogP contribution in [0.15, 0.2) is 0 Å². The number of hydrogen-bond acceptors (Lipinski definition) is 7. The van der Waals surface area contributed by atoms with Crippen LogP contribution in [0.5, 0.6) is 0 Å². The van der Waals surface area contributed by atoms with Gasteiger partial charge in [0.1, 0.15) is 5.69 Å². The molecule has 1 rings (SSSR count). The maximum absolute atomic E-state index is 11.6. The third-order valence-corrected chi connectivity index (χ3v) is 2.47. The molecule has 9 heteroatoms. The molecule has 1 aromatic heterocycles. The minimum atomic E-state index is -0.583. The Kier molecular flexibility index (Phi) is 4.20. The van der Waals surface area contributed by atoms with Gasteiger partial charge in [-0.05, 0) is 6.92 Å². The van der Waals surface area contributed by atoms with Crippen molar-refractivity contribution in [2.24, 2.45) is 0 Å². The van der Waals surface area contributed by atoms with E-state index in [-0.39, 0.29) is 35.6 Å². The molecule has 19 heavy (non-hydrogen) atoms. The van der Waals surface area contributed by atoms with Gasteiger partial charge in [-0.1, -0.05) is 0 Å². The van der Waals surface area contributed by atoms with Crippen molar-refractivity contribution in [1.82, 2.24) is 14.9 Å². The number of nitrogens with two attached hydrogens (primary N) is 1. The lowest BCUT2D eigenvalue weighted by Crippen LogP contribution is -2.35. The number of likely N-dealkylation sites (N-methyl/N-ethyl adjacent to an activating group) is 2. The van der Waals surface area contributed by atoms with E-state index in [0.717, 1.165) is 0 Å². The van der Waals surface area contributed by atoms with Crippen LogP contribution in [0.25, 0.3) is 0 Å². The topological polar surface area (TPSA) is 118 Å². The Bertz CT molecular complexity index is 516. The number of nitrogen functional groups attached to an aromatic ring is 1. The highest BCUT2D eigenvalue weighted by Crippen LogP contribution is 2.28. The van der Waals surface area contributed by atoms with Crippen LogP contribution >= 0.6 is 0 Å². The van der Waals surface area contributed by atoms with E-state index in [0.29, 0.717) is 0 Å². The Morgan fingerprint density at radius 3 is 2.42 bits per heavy atom. The number of aryl methyl sites for hydroxylation is 1. The fraction of sp³-hybridized carbons (Fsp3) is 0.500. The molecule has 0 radical (unpaired) electrons. The summed E-state index contributed by atoms with van der Waals surface area (Å²) in [4.78, 5) is 32.4. The molecule has 1 amide bonds. The lowest BCUT2D eigenvalue weighted by Gasteiger charge is -2.20. The Labute approximate surface area is 110 Å². The van der Waals surface area contributed by atoms with Gasteiger partial charge >= 0.3 is 5.69 Å². The van der Waals surface area contributed by atoms with Crippen molar-refractivity contribution in [3.63, 3.8) is 0 Å². The van der Waals surface area contributed by atoms with Gasteiger partial charge < -0.3 is 15.5 Å². The van der Waals surface area contributed by atoms with Crippen LogP contribution in [0.4, 0.5) is 17.5 Å². The fourth-order valence-corrected chi connectivity index (χ4v) is 1.47. The molecule has 0 aliphatic carbocycles. The van der Waals surface area contributed by atoms with Crippen LogP contribution in [0.1, 0.15) is 5.69 Å². The van der Waals surface area contributed by atoms with Crippen molar-refractivity contribution >= 4 is 23.4 Å². The molecule has 0 spiro atoms. The van der Waals surface area contributed by atoms with E-state index in [2.05, 4.69) is 9.97 Å². The van der Waals surface area contributed by atoms with E-state index in [4.69, 9.17) is 5.73 Å². The number of anilines is 2. The smallest absolute Gasteiger partial charge is 0.332 e. The summed E-state index contributed by atoms with van der Waals surface area (Å²) in [6, 6.07) is 0. The molecule has 0 saturated carbocycles. The highest BCUT2D eigenvalue weighted by Gasteiger charge is 2.25. The lowest BCUT2D eigenvalue weighted by molar-refractivity contribution is -0.385. The fourth-order valence-electron chi connectivity index (χ4n) is 1.47. The van der Waals surface area contributed by atoms with Gasteiger partial charge in [-0.25, -0.2) is 4.98 Å². The number of nitro groups is 1. The van der Waals surface area contributed by atoms with E-state index < -0.39 is 4.92 Å². The average molecular weight is 268 g/mol. The summed E-state index contributed by atoms with van der Waals surface area (Å²) in [5, 5.41) is 11.0. The van der Waals surface area contributed by atoms with E-state index in [1.807, 2.05) is 0 Å². The largest absolute Gasteiger partial charge is 0.368 e. The molecule has 104 valence electrons. The van der Waals surface area contributed by atoms with Gasteiger partial charge in [0.15, 0.2) is 0 Å². The van der Waals surface area contributed by atoms with Gasteiger partial charge in [-0.3, -0.25) is 14.9 Å². The number of nitrogens with zero attached hydrogens (tertiary/aromatic N) is 5. The molecule has 0 atom stereocenters. The standard InChI is InChI=1S/C10H16N6O3/c1-6-8(16(18)19)9(13-10(11)12-6)15(4)5-7(17)14(2)3/h5H2,1-4H3,(H2,11,12,13).